The van der Waals surface area contributed by atoms with Crippen molar-refractivity contribution in [2.75, 3.05) is 11.9 Å². The molecule has 2 aromatic carbocycles. The van der Waals surface area contributed by atoms with Gasteiger partial charge < -0.3 is 5.32 Å². The van der Waals surface area contributed by atoms with Crippen LogP contribution in [0.2, 0.25) is 0 Å². The highest BCUT2D eigenvalue weighted by molar-refractivity contribution is 5.99. The summed E-state index contributed by atoms with van der Waals surface area (Å²) < 4.78 is 5.35. The average molecular weight is 459 g/mol. The SMILES string of the molecule is CCNC(=O)Nc1c(-c2ccc3c(c2)n(C)c(=O)n3C2CCC2)c(-c2cccc(C)c2)nn1C. The van der Waals surface area contributed by atoms with Gasteiger partial charge in [-0.2, -0.15) is 5.10 Å². The van der Waals surface area contributed by atoms with Crippen molar-refractivity contribution in [2.24, 2.45) is 14.1 Å². The first-order valence-electron chi connectivity index (χ1n) is 11.8. The molecule has 1 fully saturated rings. The van der Waals surface area contributed by atoms with Gasteiger partial charge in [0, 0.05) is 32.2 Å². The number of carbonyl (C=O) groups excluding carboxylic acids is 1. The Morgan fingerprint density at radius 1 is 1.09 bits per heavy atom. The maximum atomic E-state index is 13.0. The van der Waals surface area contributed by atoms with E-state index in [0.29, 0.717) is 12.4 Å². The summed E-state index contributed by atoms with van der Waals surface area (Å²) >= 11 is 0. The molecule has 0 atom stereocenters. The summed E-state index contributed by atoms with van der Waals surface area (Å²) in [5, 5.41) is 10.6. The van der Waals surface area contributed by atoms with Crippen LogP contribution in [0.1, 0.15) is 37.8 Å². The number of aryl methyl sites for hydroxylation is 3. The van der Waals surface area contributed by atoms with E-state index in [9.17, 15) is 9.59 Å². The van der Waals surface area contributed by atoms with E-state index in [-0.39, 0.29) is 17.8 Å². The van der Waals surface area contributed by atoms with Crippen molar-refractivity contribution in [1.29, 1.82) is 0 Å². The van der Waals surface area contributed by atoms with Crippen molar-refractivity contribution < 1.29 is 4.79 Å². The van der Waals surface area contributed by atoms with Crippen LogP contribution in [0.4, 0.5) is 10.6 Å². The van der Waals surface area contributed by atoms with E-state index in [0.717, 1.165) is 58.2 Å². The van der Waals surface area contributed by atoms with Crippen LogP contribution in [0.25, 0.3) is 33.4 Å². The van der Waals surface area contributed by atoms with Gasteiger partial charge in [0.25, 0.3) is 0 Å². The van der Waals surface area contributed by atoms with E-state index in [1.807, 2.05) is 68.9 Å². The van der Waals surface area contributed by atoms with Gasteiger partial charge in [-0.3, -0.25) is 19.1 Å². The minimum Gasteiger partial charge on any atom is -0.338 e. The second-order valence-corrected chi connectivity index (χ2v) is 9.05. The first kappa shape index (κ1) is 22.0. The zero-order valence-corrected chi connectivity index (χ0v) is 20.1. The van der Waals surface area contributed by atoms with Crippen LogP contribution in [-0.4, -0.2) is 31.5 Å². The molecule has 0 bridgehead atoms. The van der Waals surface area contributed by atoms with Gasteiger partial charge in [0.2, 0.25) is 0 Å². The van der Waals surface area contributed by atoms with Crippen LogP contribution in [0.15, 0.2) is 47.3 Å². The van der Waals surface area contributed by atoms with E-state index >= 15 is 0 Å². The topological polar surface area (TPSA) is 85.9 Å². The van der Waals surface area contributed by atoms with E-state index in [1.54, 1.807) is 9.25 Å². The minimum absolute atomic E-state index is 0.0163. The van der Waals surface area contributed by atoms with E-state index in [1.165, 1.54) is 0 Å². The van der Waals surface area contributed by atoms with Crippen LogP contribution in [-0.2, 0) is 14.1 Å². The zero-order valence-electron chi connectivity index (χ0n) is 20.1. The fourth-order valence-electron chi connectivity index (χ4n) is 4.76. The molecule has 0 saturated heterocycles. The molecule has 2 N–H and O–H groups in total. The summed E-state index contributed by atoms with van der Waals surface area (Å²) in [6.45, 7) is 4.45. The molecular weight excluding hydrogens is 428 g/mol. The third-order valence-corrected chi connectivity index (χ3v) is 6.73. The standard InChI is InChI=1S/C26H30N6O2/c1-5-27-25(33)28-24-22(23(29-31(24)4)18-9-6-8-16(2)14-18)17-12-13-20-21(15-17)30(3)26(34)32(20)19-10-7-11-19/h6,8-9,12-15,19H,5,7,10-11H2,1-4H3,(H2,27,28,33). The number of hydrogen-bond acceptors (Lipinski definition) is 3. The quantitative estimate of drug-likeness (QED) is 0.459. The molecule has 34 heavy (non-hydrogen) atoms. The van der Waals surface area contributed by atoms with Crippen molar-refractivity contribution in [3.8, 4) is 22.4 Å². The highest BCUT2D eigenvalue weighted by Crippen LogP contribution is 2.40. The Labute approximate surface area is 198 Å². The Morgan fingerprint density at radius 2 is 1.88 bits per heavy atom. The highest BCUT2D eigenvalue weighted by Gasteiger charge is 2.26. The number of anilines is 1. The molecule has 2 heterocycles. The molecule has 8 nitrogen and oxygen atoms in total. The van der Waals surface area contributed by atoms with Gasteiger partial charge in [-0.25, -0.2) is 9.59 Å². The van der Waals surface area contributed by atoms with E-state index in [4.69, 9.17) is 5.10 Å². The summed E-state index contributed by atoms with van der Waals surface area (Å²) in [6.07, 6.45) is 3.25. The lowest BCUT2D eigenvalue weighted by Gasteiger charge is -2.26. The van der Waals surface area contributed by atoms with Crippen LogP contribution >= 0.6 is 0 Å². The second-order valence-electron chi connectivity index (χ2n) is 9.05. The molecule has 8 heteroatoms. The number of benzene rings is 2. The molecular formula is C26H30N6O2. The third-order valence-electron chi connectivity index (χ3n) is 6.73. The van der Waals surface area contributed by atoms with Gasteiger partial charge in [0.15, 0.2) is 0 Å². The smallest absolute Gasteiger partial charge is 0.329 e. The van der Waals surface area contributed by atoms with Crippen LogP contribution in [0.3, 0.4) is 0 Å². The number of fused-ring (bicyclic) bond motifs is 1. The lowest BCUT2D eigenvalue weighted by Crippen LogP contribution is -2.29. The summed E-state index contributed by atoms with van der Waals surface area (Å²) in [5.74, 6) is 0.602. The first-order valence-corrected chi connectivity index (χ1v) is 11.8. The molecule has 0 unspecified atom stereocenters. The zero-order chi connectivity index (χ0) is 24.0. The van der Waals surface area contributed by atoms with Crippen LogP contribution < -0.4 is 16.3 Å². The molecule has 1 saturated carbocycles. The molecule has 0 radical (unpaired) electrons. The van der Waals surface area contributed by atoms with Gasteiger partial charge in [0.05, 0.1) is 16.6 Å². The average Bonchev–Trinajstić information content (AvgIpc) is 3.22. The number of hydrogen-bond donors (Lipinski definition) is 2. The molecule has 5 rings (SSSR count). The van der Waals surface area contributed by atoms with Crippen molar-refractivity contribution in [3.63, 3.8) is 0 Å². The van der Waals surface area contributed by atoms with E-state index in [2.05, 4.69) is 16.7 Å². The molecule has 4 aromatic rings. The van der Waals surface area contributed by atoms with Crippen LogP contribution in [0, 0.1) is 6.92 Å². The van der Waals surface area contributed by atoms with Crippen molar-refractivity contribution in [1.82, 2.24) is 24.2 Å². The van der Waals surface area contributed by atoms with Gasteiger partial charge in [0.1, 0.15) is 11.5 Å². The lowest BCUT2D eigenvalue weighted by atomic mass is 9.92. The first-order chi connectivity index (χ1) is 16.4. The Bertz CT molecular complexity index is 1450. The minimum atomic E-state index is -0.285. The number of carbonyl (C=O) groups is 1. The van der Waals surface area contributed by atoms with Gasteiger partial charge >= 0.3 is 11.7 Å². The fourth-order valence-corrected chi connectivity index (χ4v) is 4.76. The molecule has 176 valence electrons. The largest absolute Gasteiger partial charge is 0.338 e. The summed E-state index contributed by atoms with van der Waals surface area (Å²) in [4.78, 5) is 25.5. The molecule has 0 spiro atoms. The van der Waals surface area contributed by atoms with Gasteiger partial charge in [-0.1, -0.05) is 29.8 Å². The Balaban J connectivity index is 1.72. The number of imidazole rings is 1. The summed E-state index contributed by atoms with van der Waals surface area (Å²) in [7, 11) is 3.65. The molecule has 0 aliphatic heterocycles. The predicted molar refractivity (Wildman–Crippen MR) is 135 cm³/mol. The number of nitrogens with zero attached hydrogens (tertiary/aromatic N) is 4. The monoisotopic (exact) mass is 458 g/mol. The highest BCUT2D eigenvalue weighted by atomic mass is 16.2. The Morgan fingerprint density at radius 3 is 2.56 bits per heavy atom. The van der Waals surface area contributed by atoms with Gasteiger partial charge in [-0.15, -0.1) is 0 Å². The van der Waals surface area contributed by atoms with E-state index < -0.39 is 0 Å². The summed E-state index contributed by atoms with van der Waals surface area (Å²) in [5.41, 5.74) is 6.43. The molecule has 2 amide bonds. The molecule has 1 aliphatic carbocycles. The Hall–Kier alpha value is -3.81. The fraction of sp³-hybridized carbons (Fsp3) is 0.346. The number of rotatable bonds is 5. The predicted octanol–water partition coefficient (Wildman–Crippen LogP) is 4.58. The summed E-state index contributed by atoms with van der Waals surface area (Å²) in [6, 6.07) is 14.2. The maximum absolute atomic E-state index is 13.0. The molecule has 2 aromatic heterocycles. The van der Waals surface area contributed by atoms with Crippen molar-refractivity contribution in [3.05, 3.63) is 58.5 Å². The van der Waals surface area contributed by atoms with Crippen LogP contribution in [0.5, 0.6) is 0 Å². The molecule has 1 aliphatic rings. The third kappa shape index (κ3) is 3.59. The normalized spacial score (nSPS) is 13.8. The number of nitrogens with one attached hydrogen (secondary N) is 2. The van der Waals surface area contributed by atoms with Crippen molar-refractivity contribution >= 4 is 22.9 Å². The lowest BCUT2D eigenvalue weighted by molar-refractivity contribution is 0.252. The van der Waals surface area contributed by atoms with Crippen molar-refractivity contribution in [2.45, 2.75) is 39.2 Å². The second kappa shape index (κ2) is 8.52. The Kier molecular flexibility index (Phi) is 5.51. The maximum Gasteiger partial charge on any atom is 0.329 e. The number of amides is 2. The van der Waals surface area contributed by atoms with Gasteiger partial charge in [-0.05, 0) is 56.9 Å². The number of urea groups is 1. The number of aromatic nitrogens is 4.